The zero-order chi connectivity index (χ0) is 17.9. The molecule has 0 atom stereocenters. The molecule has 0 saturated carbocycles. The summed E-state index contributed by atoms with van der Waals surface area (Å²) in [5.74, 6) is 0.924. The number of aryl methyl sites for hydroxylation is 1. The monoisotopic (exact) mass is 344 g/mol. The minimum atomic E-state index is -0.0172. The average Bonchev–Trinajstić information content (AvgIpc) is 3.10. The molecule has 4 rings (SSSR count). The van der Waals surface area contributed by atoms with Crippen LogP contribution in [0, 0.1) is 6.92 Å². The van der Waals surface area contributed by atoms with E-state index in [0.717, 1.165) is 46.8 Å². The zero-order valence-corrected chi connectivity index (χ0v) is 14.7. The number of benzene rings is 2. The number of carbonyl (C=O) groups is 1. The summed E-state index contributed by atoms with van der Waals surface area (Å²) in [5, 5.41) is 2.97. The highest BCUT2D eigenvalue weighted by molar-refractivity contribution is 5.92. The lowest BCUT2D eigenvalue weighted by Gasteiger charge is -2.08. The lowest BCUT2D eigenvalue weighted by Crippen LogP contribution is -2.14. The Hall–Kier alpha value is -3.14. The molecular formula is C22H20N2O2. The number of hydrogen-bond donors (Lipinski definition) is 1. The van der Waals surface area contributed by atoms with E-state index in [1.165, 1.54) is 5.56 Å². The van der Waals surface area contributed by atoms with Crippen molar-refractivity contribution in [1.29, 1.82) is 0 Å². The van der Waals surface area contributed by atoms with Gasteiger partial charge < -0.3 is 10.1 Å². The molecule has 130 valence electrons. The molecular weight excluding hydrogens is 324 g/mol. The maximum Gasteiger partial charge on any atom is 0.228 e. The van der Waals surface area contributed by atoms with Gasteiger partial charge in [0.2, 0.25) is 5.91 Å². The third kappa shape index (κ3) is 3.59. The van der Waals surface area contributed by atoms with Crippen LogP contribution in [0.25, 0.3) is 11.1 Å². The molecule has 1 aliphatic rings. The van der Waals surface area contributed by atoms with Crippen molar-refractivity contribution in [2.45, 2.75) is 19.8 Å². The second kappa shape index (κ2) is 7.00. The first kappa shape index (κ1) is 16.3. The molecule has 4 heteroatoms. The van der Waals surface area contributed by atoms with Gasteiger partial charge in [-0.1, -0.05) is 24.3 Å². The van der Waals surface area contributed by atoms with Crippen molar-refractivity contribution in [1.82, 2.24) is 4.98 Å². The van der Waals surface area contributed by atoms with E-state index in [-0.39, 0.29) is 5.91 Å². The second-order valence-corrected chi connectivity index (χ2v) is 6.53. The highest BCUT2D eigenvalue weighted by Gasteiger charge is 2.13. The maximum atomic E-state index is 12.3. The standard InChI is InChI=1S/C22H20N2O2/c1-15-12-18(8-10-23-15)17-3-5-20(6-4-17)24-22(25)14-16-2-7-21-19(13-16)9-11-26-21/h2-8,10,12-13H,9,11,14H2,1H3,(H,24,25). The van der Waals surface area contributed by atoms with Crippen LogP contribution < -0.4 is 10.1 Å². The molecule has 0 radical (unpaired) electrons. The topological polar surface area (TPSA) is 51.2 Å². The van der Waals surface area contributed by atoms with Crippen molar-refractivity contribution in [3.05, 3.63) is 77.6 Å². The summed E-state index contributed by atoms with van der Waals surface area (Å²) in [6, 6.07) is 17.9. The average molecular weight is 344 g/mol. The van der Waals surface area contributed by atoms with Gasteiger partial charge in [-0.15, -0.1) is 0 Å². The normalized spacial score (nSPS) is 12.3. The fourth-order valence-corrected chi connectivity index (χ4v) is 3.21. The minimum absolute atomic E-state index is 0.0172. The van der Waals surface area contributed by atoms with Crippen LogP contribution in [0.2, 0.25) is 0 Å². The summed E-state index contributed by atoms with van der Waals surface area (Å²) in [6.45, 7) is 2.71. The van der Waals surface area contributed by atoms with Gasteiger partial charge in [-0.05, 0) is 59.5 Å². The van der Waals surface area contributed by atoms with Gasteiger partial charge in [0.15, 0.2) is 0 Å². The van der Waals surface area contributed by atoms with E-state index in [4.69, 9.17) is 4.74 Å². The number of pyridine rings is 1. The van der Waals surface area contributed by atoms with E-state index in [2.05, 4.69) is 16.4 Å². The number of anilines is 1. The second-order valence-electron chi connectivity index (χ2n) is 6.53. The SMILES string of the molecule is Cc1cc(-c2ccc(NC(=O)Cc3ccc4c(c3)CCO4)cc2)ccn1. The van der Waals surface area contributed by atoms with E-state index in [9.17, 15) is 4.79 Å². The summed E-state index contributed by atoms with van der Waals surface area (Å²) >= 11 is 0. The Morgan fingerprint density at radius 1 is 1.08 bits per heavy atom. The number of aromatic nitrogens is 1. The number of amides is 1. The third-order valence-corrected chi connectivity index (χ3v) is 4.52. The molecule has 1 aliphatic heterocycles. The molecule has 1 aromatic heterocycles. The van der Waals surface area contributed by atoms with Gasteiger partial charge in [0.25, 0.3) is 0 Å². The van der Waals surface area contributed by atoms with Crippen molar-refractivity contribution >= 4 is 11.6 Å². The summed E-state index contributed by atoms with van der Waals surface area (Å²) in [6.07, 6.45) is 3.08. The van der Waals surface area contributed by atoms with E-state index >= 15 is 0 Å². The molecule has 0 unspecified atom stereocenters. The lowest BCUT2D eigenvalue weighted by molar-refractivity contribution is -0.115. The summed E-state index contributed by atoms with van der Waals surface area (Å²) in [7, 11) is 0. The van der Waals surface area contributed by atoms with Gasteiger partial charge in [-0.25, -0.2) is 0 Å². The molecule has 2 heterocycles. The minimum Gasteiger partial charge on any atom is -0.493 e. The molecule has 2 aromatic carbocycles. The molecule has 4 nitrogen and oxygen atoms in total. The van der Waals surface area contributed by atoms with E-state index < -0.39 is 0 Å². The Morgan fingerprint density at radius 2 is 1.92 bits per heavy atom. The number of nitrogens with one attached hydrogen (secondary N) is 1. The highest BCUT2D eigenvalue weighted by atomic mass is 16.5. The van der Waals surface area contributed by atoms with Crippen molar-refractivity contribution in [3.63, 3.8) is 0 Å². The van der Waals surface area contributed by atoms with Crippen LogP contribution in [0.1, 0.15) is 16.8 Å². The molecule has 3 aromatic rings. The molecule has 0 saturated heterocycles. The van der Waals surface area contributed by atoms with E-state index in [0.29, 0.717) is 6.42 Å². The summed E-state index contributed by atoms with van der Waals surface area (Å²) < 4.78 is 5.50. The summed E-state index contributed by atoms with van der Waals surface area (Å²) in [5.41, 5.74) is 6.21. The van der Waals surface area contributed by atoms with Gasteiger partial charge in [-0.2, -0.15) is 0 Å². The smallest absolute Gasteiger partial charge is 0.228 e. The van der Waals surface area contributed by atoms with Crippen LogP contribution in [-0.2, 0) is 17.6 Å². The molecule has 0 aliphatic carbocycles. The molecule has 26 heavy (non-hydrogen) atoms. The maximum absolute atomic E-state index is 12.3. The van der Waals surface area contributed by atoms with E-state index in [1.54, 1.807) is 0 Å². The highest BCUT2D eigenvalue weighted by Crippen LogP contribution is 2.26. The van der Waals surface area contributed by atoms with Gasteiger partial charge in [0, 0.05) is 24.0 Å². The van der Waals surface area contributed by atoms with Crippen molar-refractivity contribution in [2.24, 2.45) is 0 Å². The number of fused-ring (bicyclic) bond motifs is 1. The first-order valence-corrected chi connectivity index (χ1v) is 8.75. The molecule has 0 bridgehead atoms. The third-order valence-electron chi connectivity index (χ3n) is 4.52. The Kier molecular flexibility index (Phi) is 4.40. The number of hydrogen-bond acceptors (Lipinski definition) is 3. The Bertz CT molecular complexity index is 949. The van der Waals surface area contributed by atoms with Crippen LogP contribution in [0.5, 0.6) is 5.75 Å². The quantitative estimate of drug-likeness (QED) is 0.773. The Morgan fingerprint density at radius 3 is 2.73 bits per heavy atom. The lowest BCUT2D eigenvalue weighted by atomic mass is 10.1. The fraction of sp³-hybridized carbons (Fsp3) is 0.182. The number of nitrogens with zero attached hydrogens (tertiary/aromatic N) is 1. The van der Waals surface area contributed by atoms with Gasteiger partial charge in [0.05, 0.1) is 13.0 Å². The molecule has 1 amide bonds. The molecule has 0 spiro atoms. The Balaban J connectivity index is 1.41. The zero-order valence-electron chi connectivity index (χ0n) is 14.7. The van der Waals surface area contributed by atoms with E-state index in [1.807, 2.05) is 61.7 Å². The predicted octanol–water partition coefficient (Wildman–Crippen LogP) is 4.17. The molecule has 0 fully saturated rings. The van der Waals surface area contributed by atoms with Crippen molar-refractivity contribution in [3.8, 4) is 16.9 Å². The first-order chi connectivity index (χ1) is 12.7. The van der Waals surface area contributed by atoms with Crippen LogP contribution in [0.4, 0.5) is 5.69 Å². The number of rotatable bonds is 4. The van der Waals surface area contributed by atoms with Gasteiger partial charge in [-0.3, -0.25) is 9.78 Å². The fourth-order valence-electron chi connectivity index (χ4n) is 3.21. The van der Waals surface area contributed by atoms with Crippen molar-refractivity contribution in [2.75, 3.05) is 11.9 Å². The number of carbonyl (C=O) groups excluding carboxylic acids is 1. The largest absolute Gasteiger partial charge is 0.493 e. The van der Waals surface area contributed by atoms with Crippen molar-refractivity contribution < 1.29 is 9.53 Å². The van der Waals surface area contributed by atoms with Gasteiger partial charge in [0.1, 0.15) is 5.75 Å². The van der Waals surface area contributed by atoms with Gasteiger partial charge >= 0.3 is 0 Å². The van der Waals surface area contributed by atoms with Crippen LogP contribution in [0.15, 0.2) is 60.8 Å². The van der Waals surface area contributed by atoms with Crippen LogP contribution >= 0.6 is 0 Å². The molecule has 1 N–H and O–H groups in total. The predicted molar refractivity (Wildman–Crippen MR) is 102 cm³/mol. The van der Waals surface area contributed by atoms with Crippen LogP contribution in [0.3, 0.4) is 0 Å². The first-order valence-electron chi connectivity index (χ1n) is 8.75. The summed E-state index contributed by atoms with van der Waals surface area (Å²) in [4.78, 5) is 16.5. The Labute approximate surface area is 152 Å². The number of ether oxygens (including phenoxy) is 1. The van der Waals surface area contributed by atoms with Crippen LogP contribution in [-0.4, -0.2) is 17.5 Å².